The SMILES string of the molecule is CCN1C(=O)C2CC=C3C(CC4C(=O)N(c5ccccc5)C(=O)C4(C)C3c3ccc(CO)o3)C2C1=O. The average molecular weight is 489 g/mol. The molecule has 1 N–H and O–H groups in total. The summed E-state index contributed by atoms with van der Waals surface area (Å²) in [5.74, 6) is -2.73. The number of fused-ring (bicyclic) bond motifs is 4. The molecule has 3 fully saturated rings. The second-order valence-corrected chi connectivity index (χ2v) is 10.4. The molecule has 1 saturated carbocycles. The molecule has 36 heavy (non-hydrogen) atoms. The maximum absolute atomic E-state index is 14.1. The van der Waals surface area contributed by atoms with E-state index in [9.17, 15) is 24.3 Å². The van der Waals surface area contributed by atoms with Crippen LogP contribution in [0.25, 0.3) is 0 Å². The Labute approximate surface area is 208 Å². The van der Waals surface area contributed by atoms with E-state index in [0.717, 1.165) is 5.57 Å². The van der Waals surface area contributed by atoms with Gasteiger partial charge in [0.1, 0.15) is 18.1 Å². The van der Waals surface area contributed by atoms with Crippen molar-refractivity contribution in [2.75, 3.05) is 11.4 Å². The number of nitrogens with zero attached hydrogens (tertiary/aromatic N) is 2. The number of benzene rings is 1. The number of hydrogen-bond donors (Lipinski definition) is 1. The van der Waals surface area contributed by atoms with Gasteiger partial charge in [0, 0.05) is 6.54 Å². The van der Waals surface area contributed by atoms with Gasteiger partial charge < -0.3 is 9.52 Å². The van der Waals surface area contributed by atoms with Crippen molar-refractivity contribution in [1.82, 2.24) is 4.90 Å². The molecule has 1 aromatic heterocycles. The van der Waals surface area contributed by atoms with Gasteiger partial charge in [-0.3, -0.25) is 24.1 Å². The normalized spacial score (nSPS) is 33.5. The zero-order valence-corrected chi connectivity index (χ0v) is 20.2. The van der Waals surface area contributed by atoms with Crippen LogP contribution >= 0.6 is 0 Å². The van der Waals surface area contributed by atoms with Crippen LogP contribution in [-0.2, 0) is 25.8 Å². The Kier molecular flexibility index (Phi) is 5.09. The summed E-state index contributed by atoms with van der Waals surface area (Å²) in [6.07, 6.45) is 2.72. The maximum Gasteiger partial charge on any atom is 0.241 e. The van der Waals surface area contributed by atoms with Crippen LogP contribution in [0, 0.1) is 29.1 Å². The first-order valence-electron chi connectivity index (χ1n) is 12.5. The van der Waals surface area contributed by atoms with Crippen molar-refractivity contribution in [1.29, 1.82) is 0 Å². The number of carbonyl (C=O) groups excluding carboxylic acids is 4. The van der Waals surface area contributed by atoms with E-state index in [-0.39, 0.29) is 36.2 Å². The Bertz CT molecular complexity index is 1310. The molecular formula is C28H28N2O6. The molecule has 8 nitrogen and oxygen atoms in total. The number of anilines is 1. The van der Waals surface area contributed by atoms with Gasteiger partial charge in [-0.15, -0.1) is 0 Å². The molecule has 0 radical (unpaired) electrons. The van der Waals surface area contributed by atoms with Gasteiger partial charge in [0.2, 0.25) is 23.6 Å². The van der Waals surface area contributed by atoms with Crippen molar-refractivity contribution in [2.45, 2.75) is 39.2 Å². The summed E-state index contributed by atoms with van der Waals surface area (Å²) in [6, 6.07) is 12.3. The molecule has 1 aromatic carbocycles. The zero-order valence-electron chi connectivity index (χ0n) is 20.2. The number of aliphatic hydroxyl groups excluding tert-OH is 1. The van der Waals surface area contributed by atoms with Crippen LogP contribution in [-0.4, -0.2) is 40.2 Å². The lowest BCUT2D eigenvalue weighted by Gasteiger charge is -2.48. The number of imide groups is 2. The Morgan fingerprint density at radius 3 is 2.42 bits per heavy atom. The maximum atomic E-state index is 14.1. The van der Waals surface area contributed by atoms with E-state index in [2.05, 4.69) is 0 Å². The Balaban J connectivity index is 1.52. The van der Waals surface area contributed by atoms with E-state index in [1.807, 2.05) is 19.1 Å². The summed E-state index contributed by atoms with van der Waals surface area (Å²) in [7, 11) is 0. The van der Waals surface area contributed by atoms with E-state index in [1.165, 1.54) is 9.80 Å². The Hall–Kier alpha value is -3.52. The summed E-state index contributed by atoms with van der Waals surface area (Å²) in [5.41, 5.74) is 0.253. The van der Waals surface area contributed by atoms with Crippen molar-refractivity contribution in [3.8, 4) is 0 Å². The monoisotopic (exact) mass is 488 g/mol. The van der Waals surface area contributed by atoms with Crippen LogP contribution in [0.5, 0.6) is 0 Å². The summed E-state index contributed by atoms with van der Waals surface area (Å²) in [6.45, 7) is 3.63. The van der Waals surface area contributed by atoms with Crippen molar-refractivity contribution < 1.29 is 28.7 Å². The van der Waals surface area contributed by atoms with E-state index >= 15 is 0 Å². The van der Waals surface area contributed by atoms with Gasteiger partial charge in [-0.05, 0) is 56.9 Å². The molecule has 4 aliphatic rings. The molecule has 0 bridgehead atoms. The number of furan rings is 1. The molecule has 6 atom stereocenters. The van der Waals surface area contributed by atoms with E-state index < -0.39 is 29.1 Å². The number of amides is 4. The van der Waals surface area contributed by atoms with Gasteiger partial charge in [-0.2, -0.15) is 0 Å². The van der Waals surface area contributed by atoms with Crippen LogP contribution < -0.4 is 4.90 Å². The average Bonchev–Trinajstić information content (AvgIpc) is 3.51. The van der Waals surface area contributed by atoms with Crippen LogP contribution in [0.1, 0.15) is 44.1 Å². The van der Waals surface area contributed by atoms with Gasteiger partial charge in [-0.25, -0.2) is 4.90 Å². The van der Waals surface area contributed by atoms with Crippen LogP contribution in [0.15, 0.2) is 58.5 Å². The third kappa shape index (κ3) is 2.85. The molecule has 4 amide bonds. The fourth-order valence-corrected chi connectivity index (χ4v) is 7.15. The van der Waals surface area contributed by atoms with E-state index in [0.29, 0.717) is 36.6 Å². The third-order valence-electron chi connectivity index (χ3n) is 8.82. The highest BCUT2D eigenvalue weighted by Crippen LogP contribution is 2.63. The molecular weight excluding hydrogens is 460 g/mol. The standard InChI is InChI=1S/C28H28N2O6/c1-3-29-24(32)18-11-10-17-19(22(18)26(29)34)13-20-25(33)30(15-7-5-4-6-8-15)27(35)28(20,2)23(17)21-12-9-16(14-31)36-21/h4-10,12,18-20,22-23,31H,3,11,13-14H2,1-2H3. The summed E-state index contributed by atoms with van der Waals surface area (Å²) >= 11 is 0. The first-order chi connectivity index (χ1) is 17.3. The Morgan fingerprint density at radius 1 is 1.00 bits per heavy atom. The highest BCUT2D eigenvalue weighted by molar-refractivity contribution is 6.24. The largest absolute Gasteiger partial charge is 0.463 e. The first kappa shape index (κ1) is 22.9. The van der Waals surface area contributed by atoms with Crippen molar-refractivity contribution in [3.05, 3.63) is 65.6 Å². The molecule has 3 heterocycles. The molecule has 2 aliphatic heterocycles. The lowest BCUT2D eigenvalue weighted by molar-refractivity contribution is -0.140. The summed E-state index contributed by atoms with van der Waals surface area (Å²) < 4.78 is 5.99. The summed E-state index contributed by atoms with van der Waals surface area (Å²) in [5, 5.41) is 9.64. The lowest BCUT2D eigenvalue weighted by Crippen LogP contribution is -2.48. The number of allylic oxidation sites excluding steroid dienone is 2. The number of carbonyl (C=O) groups is 4. The van der Waals surface area contributed by atoms with Crippen molar-refractivity contribution >= 4 is 29.3 Å². The predicted molar refractivity (Wildman–Crippen MR) is 128 cm³/mol. The highest BCUT2D eigenvalue weighted by Gasteiger charge is 2.68. The van der Waals surface area contributed by atoms with Crippen LogP contribution in [0.3, 0.4) is 0 Å². The number of para-hydroxylation sites is 1. The minimum Gasteiger partial charge on any atom is -0.463 e. The molecule has 8 heteroatoms. The summed E-state index contributed by atoms with van der Waals surface area (Å²) in [4.78, 5) is 57.0. The Morgan fingerprint density at radius 2 is 1.75 bits per heavy atom. The van der Waals surface area contributed by atoms with Gasteiger partial charge >= 0.3 is 0 Å². The number of rotatable bonds is 4. The molecule has 6 rings (SSSR count). The zero-order chi connectivity index (χ0) is 25.4. The van der Waals surface area contributed by atoms with Gasteiger partial charge in [-0.1, -0.05) is 29.8 Å². The van der Waals surface area contributed by atoms with E-state index in [1.54, 1.807) is 43.3 Å². The van der Waals surface area contributed by atoms with Crippen molar-refractivity contribution in [2.24, 2.45) is 29.1 Å². The topological polar surface area (TPSA) is 108 Å². The number of aliphatic hydroxyl groups is 1. The minimum absolute atomic E-state index is 0.159. The molecule has 2 saturated heterocycles. The van der Waals surface area contributed by atoms with Gasteiger partial charge in [0.25, 0.3) is 0 Å². The fraction of sp³-hybridized carbons (Fsp3) is 0.429. The van der Waals surface area contributed by atoms with E-state index in [4.69, 9.17) is 4.42 Å². The van der Waals surface area contributed by atoms with Crippen LogP contribution in [0.4, 0.5) is 5.69 Å². The molecule has 2 aliphatic carbocycles. The third-order valence-corrected chi connectivity index (χ3v) is 8.82. The van der Waals surface area contributed by atoms with Crippen LogP contribution in [0.2, 0.25) is 0 Å². The lowest BCUT2D eigenvalue weighted by atomic mass is 9.52. The minimum atomic E-state index is -1.14. The molecule has 186 valence electrons. The number of hydrogen-bond acceptors (Lipinski definition) is 6. The van der Waals surface area contributed by atoms with Gasteiger partial charge in [0.05, 0.1) is 34.8 Å². The molecule has 2 aromatic rings. The highest BCUT2D eigenvalue weighted by atomic mass is 16.4. The first-order valence-corrected chi connectivity index (χ1v) is 12.5. The second kappa shape index (κ2) is 8.00. The quantitative estimate of drug-likeness (QED) is 0.524. The fourth-order valence-electron chi connectivity index (χ4n) is 7.15. The smallest absolute Gasteiger partial charge is 0.241 e. The van der Waals surface area contributed by atoms with Crippen molar-refractivity contribution in [3.63, 3.8) is 0 Å². The second-order valence-electron chi connectivity index (χ2n) is 10.4. The molecule has 0 spiro atoms. The number of likely N-dealkylation sites (tertiary alicyclic amines) is 1. The predicted octanol–water partition coefficient (Wildman–Crippen LogP) is 3.02. The molecule has 6 unspecified atom stereocenters. The van der Waals surface area contributed by atoms with Gasteiger partial charge in [0.15, 0.2) is 0 Å².